The summed E-state index contributed by atoms with van der Waals surface area (Å²) in [6.07, 6.45) is 1.37. The number of halogens is 2. The van der Waals surface area contributed by atoms with Crippen molar-refractivity contribution < 1.29 is 4.79 Å². The number of benzene rings is 1. The van der Waals surface area contributed by atoms with E-state index in [1.54, 1.807) is 30.0 Å². The van der Waals surface area contributed by atoms with Gasteiger partial charge in [-0.3, -0.25) is 4.79 Å². The standard InChI is InChI=1S/C14H16Cl2OS2/c1-2-13-14(19-7-6-18-13)12(17)8-9-10(15)4-3-5-11(9)16/h3-5,13-14H,2,6-8H2,1H3. The Morgan fingerprint density at radius 1 is 1.26 bits per heavy atom. The van der Waals surface area contributed by atoms with E-state index in [-0.39, 0.29) is 11.0 Å². The monoisotopic (exact) mass is 334 g/mol. The lowest BCUT2D eigenvalue weighted by atomic mass is 10.0. The summed E-state index contributed by atoms with van der Waals surface area (Å²) in [5.74, 6) is 2.44. The zero-order valence-electron chi connectivity index (χ0n) is 10.7. The average molecular weight is 335 g/mol. The lowest BCUT2D eigenvalue weighted by Crippen LogP contribution is -2.33. The molecule has 2 unspecified atom stereocenters. The van der Waals surface area contributed by atoms with E-state index in [1.165, 1.54) is 0 Å². The van der Waals surface area contributed by atoms with Crippen LogP contribution in [0.2, 0.25) is 10.0 Å². The van der Waals surface area contributed by atoms with E-state index in [0.717, 1.165) is 23.5 Å². The summed E-state index contributed by atoms with van der Waals surface area (Å²) >= 11 is 16.0. The Morgan fingerprint density at radius 3 is 2.53 bits per heavy atom. The second-order valence-electron chi connectivity index (χ2n) is 4.45. The fourth-order valence-electron chi connectivity index (χ4n) is 2.18. The quantitative estimate of drug-likeness (QED) is 0.792. The molecule has 2 atom stereocenters. The van der Waals surface area contributed by atoms with E-state index in [4.69, 9.17) is 23.2 Å². The maximum absolute atomic E-state index is 12.5. The molecule has 1 heterocycles. The van der Waals surface area contributed by atoms with E-state index in [1.807, 2.05) is 11.8 Å². The highest BCUT2D eigenvalue weighted by atomic mass is 35.5. The van der Waals surface area contributed by atoms with Crippen molar-refractivity contribution in [2.75, 3.05) is 11.5 Å². The van der Waals surface area contributed by atoms with Gasteiger partial charge in [-0.1, -0.05) is 36.2 Å². The number of Topliss-reactive ketones (excluding diaryl/α,β-unsaturated/α-hetero) is 1. The number of carbonyl (C=O) groups is 1. The first kappa shape index (κ1) is 15.6. The minimum Gasteiger partial charge on any atom is -0.298 e. The van der Waals surface area contributed by atoms with Crippen LogP contribution in [0, 0.1) is 0 Å². The lowest BCUT2D eigenvalue weighted by Gasteiger charge is -2.29. The van der Waals surface area contributed by atoms with Gasteiger partial charge in [0.25, 0.3) is 0 Å². The number of ketones is 1. The topological polar surface area (TPSA) is 17.1 Å². The Hall–Kier alpha value is 0.170. The third kappa shape index (κ3) is 3.84. The fourth-order valence-corrected chi connectivity index (χ4v) is 5.75. The Balaban J connectivity index is 2.12. The molecule has 1 nitrogen and oxygen atoms in total. The minimum absolute atomic E-state index is 0.0797. The summed E-state index contributed by atoms with van der Waals surface area (Å²) < 4.78 is 0. The molecule has 2 rings (SSSR count). The Labute approximate surface area is 132 Å². The highest BCUT2D eigenvalue weighted by molar-refractivity contribution is 8.07. The summed E-state index contributed by atoms with van der Waals surface area (Å²) in [6.45, 7) is 2.15. The maximum atomic E-state index is 12.5. The second-order valence-corrected chi connectivity index (χ2v) is 7.86. The molecule has 1 aromatic carbocycles. The van der Waals surface area contributed by atoms with Gasteiger partial charge < -0.3 is 0 Å². The molecule has 0 N–H and O–H groups in total. The van der Waals surface area contributed by atoms with Crippen molar-refractivity contribution in [3.05, 3.63) is 33.8 Å². The van der Waals surface area contributed by atoms with Crippen LogP contribution in [0.3, 0.4) is 0 Å². The van der Waals surface area contributed by atoms with Gasteiger partial charge in [-0.2, -0.15) is 11.8 Å². The van der Waals surface area contributed by atoms with Gasteiger partial charge in [0.1, 0.15) is 0 Å². The molecule has 1 saturated heterocycles. The van der Waals surface area contributed by atoms with Crippen LogP contribution in [0.1, 0.15) is 18.9 Å². The summed E-state index contributed by atoms with van der Waals surface area (Å²) in [4.78, 5) is 12.5. The van der Waals surface area contributed by atoms with Crippen molar-refractivity contribution in [2.45, 2.75) is 30.3 Å². The van der Waals surface area contributed by atoms with E-state index in [2.05, 4.69) is 6.92 Å². The zero-order valence-corrected chi connectivity index (χ0v) is 13.8. The van der Waals surface area contributed by atoms with Gasteiger partial charge in [-0.15, -0.1) is 11.8 Å². The van der Waals surface area contributed by atoms with Crippen LogP contribution in [-0.2, 0) is 11.2 Å². The van der Waals surface area contributed by atoms with Crippen molar-refractivity contribution in [3.8, 4) is 0 Å². The zero-order chi connectivity index (χ0) is 13.8. The summed E-state index contributed by atoms with van der Waals surface area (Å²) in [6, 6.07) is 5.38. The first-order valence-electron chi connectivity index (χ1n) is 6.32. The summed E-state index contributed by atoms with van der Waals surface area (Å²) in [7, 11) is 0. The highest BCUT2D eigenvalue weighted by Crippen LogP contribution is 2.35. The predicted octanol–water partition coefficient (Wildman–Crippen LogP) is 4.73. The predicted molar refractivity (Wildman–Crippen MR) is 88.0 cm³/mol. The molecular formula is C14H16Cl2OS2. The molecule has 0 spiro atoms. The largest absolute Gasteiger partial charge is 0.298 e. The van der Waals surface area contributed by atoms with E-state index < -0.39 is 0 Å². The van der Waals surface area contributed by atoms with Gasteiger partial charge in [-0.05, 0) is 24.1 Å². The van der Waals surface area contributed by atoms with Crippen LogP contribution < -0.4 is 0 Å². The molecule has 1 aliphatic rings. The number of carbonyl (C=O) groups excluding carboxylic acids is 1. The first-order chi connectivity index (χ1) is 9.13. The highest BCUT2D eigenvalue weighted by Gasteiger charge is 2.31. The van der Waals surface area contributed by atoms with Crippen LogP contribution in [-0.4, -0.2) is 27.8 Å². The molecule has 0 aliphatic carbocycles. The smallest absolute Gasteiger partial charge is 0.151 e. The van der Waals surface area contributed by atoms with Gasteiger partial charge in [0.05, 0.1) is 5.25 Å². The molecule has 0 saturated carbocycles. The number of hydrogen-bond donors (Lipinski definition) is 0. The average Bonchev–Trinajstić information content (AvgIpc) is 2.42. The lowest BCUT2D eigenvalue weighted by molar-refractivity contribution is -0.117. The molecular weight excluding hydrogens is 319 g/mol. The molecule has 0 radical (unpaired) electrons. The van der Waals surface area contributed by atoms with Crippen molar-refractivity contribution in [3.63, 3.8) is 0 Å². The second kappa shape index (κ2) is 7.26. The van der Waals surface area contributed by atoms with Crippen LogP contribution in [0.4, 0.5) is 0 Å². The van der Waals surface area contributed by atoms with Crippen molar-refractivity contribution in [2.24, 2.45) is 0 Å². The van der Waals surface area contributed by atoms with Gasteiger partial charge in [0, 0.05) is 33.2 Å². The fraction of sp³-hybridized carbons (Fsp3) is 0.500. The minimum atomic E-state index is 0.0797. The molecule has 1 aliphatic heterocycles. The van der Waals surface area contributed by atoms with Crippen LogP contribution in [0.5, 0.6) is 0 Å². The number of rotatable bonds is 4. The van der Waals surface area contributed by atoms with Gasteiger partial charge in [0.2, 0.25) is 0 Å². The molecule has 1 aromatic rings. The van der Waals surface area contributed by atoms with Gasteiger partial charge in [-0.25, -0.2) is 0 Å². The molecule has 19 heavy (non-hydrogen) atoms. The van der Waals surface area contributed by atoms with Gasteiger partial charge >= 0.3 is 0 Å². The van der Waals surface area contributed by atoms with Crippen molar-refractivity contribution >= 4 is 52.5 Å². The molecule has 5 heteroatoms. The van der Waals surface area contributed by atoms with E-state index >= 15 is 0 Å². The third-order valence-electron chi connectivity index (χ3n) is 3.18. The molecule has 0 amide bonds. The van der Waals surface area contributed by atoms with E-state index in [0.29, 0.717) is 21.7 Å². The van der Waals surface area contributed by atoms with Crippen LogP contribution >= 0.6 is 46.7 Å². The van der Waals surface area contributed by atoms with Crippen LogP contribution in [0.25, 0.3) is 0 Å². The number of thioether (sulfide) groups is 2. The molecule has 1 fully saturated rings. The van der Waals surface area contributed by atoms with Crippen LogP contribution in [0.15, 0.2) is 18.2 Å². The third-order valence-corrected chi connectivity index (χ3v) is 7.19. The summed E-state index contributed by atoms with van der Waals surface area (Å²) in [5, 5.41) is 1.67. The normalized spacial score (nSPS) is 23.3. The first-order valence-corrected chi connectivity index (χ1v) is 9.17. The maximum Gasteiger partial charge on any atom is 0.151 e. The summed E-state index contributed by atoms with van der Waals surface area (Å²) in [5.41, 5.74) is 0.766. The SMILES string of the molecule is CCC1SCCSC1C(=O)Cc1c(Cl)cccc1Cl. The Morgan fingerprint density at radius 2 is 1.89 bits per heavy atom. The molecule has 104 valence electrons. The molecule has 0 bridgehead atoms. The van der Waals surface area contributed by atoms with Crippen molar-refractivity contribution in [1.29, 1.82) is 0 Å². The Kier molecular flexibility index (Phi) is 5.94. The molecule has 0 aromatic heterocycles. The van der Waals surface area contributed by atoms with Crippen molar-refractivity contribution in [1.82, 2.24) is 0 Å². The van der Waals surface area contributed by atoms with Gasteiger partial charge in [0.15, 0.2) is 5.78 Å². The number of hydrogen-bond acceptors (Lipinski definition) is 3. The Bertz CT molecular complexity index is 445. The van der Waals surface area contributed by atoms with E-state index in [9.17, 15) is 4.79 Å².